The predicted molar refractivity (Wildman–Crippen MR) is 82.3 cm³/mol. The van der Waals surface area contributed by atoms with Gasteiger partial charge < -0.3 is 15.4 Å². The van der Waals surface area contributed by atoms with Gasteiger partial charge in [0.2, 0.25) is 5.91 Å². The van der Waals surface area contributed by atoms with Crippen LogP contribution < -0.4 is 10.6 Å². The Balaban J connectivity index is 2.41. The summed E-state index contributed by atoms with van der Waals surface area (Å²) in [6, 6.07) is 7.12. The van der Waals surface area contributed by atoms with Crippen LogP contribution in [0.5, 0.6) is 0 Å². The maximum atomic E-state index is 11.8. The summed E-state index contributed by atoms with van der Waals surface area (Å²) in [6.07, 6.45) is 0.942. The van der Waals surface area contributed by atoms with E-state index in [-0.39, 0.29) is 12.5 Å². The lowest BCUT2D eigenvalue weighted by Gasteiger charge is -2.07. The number of carbonyl (C=O) groups is 3. The van der Waals surface area contributed by atoms with Gasteiger partial charge in [0.15, 0.2) is 6.61 Å². The molecule has 0 saturated carbocycles. The molecule has 0 aliphatic heterocycles. The molecule has 0 bridgehead atoms. The van der Waals surface area contributed by atoms with Crippen LogP contribution in [0.15, 0.2) is 24.3 Å². The molecule has 0 atom stereocenters. The molecular formula is C16H22N2O4. The molecule has 0 aliphatic rings. The number of esters is 1. The van der Waals surface area contributed by atoms with Crippen molar-refractivity contribution in [3.63, 3.8) is 0 Å². The Morgan fingerprint density at radius 1 is 1.09 bits per heavy atom. The van der Waals surface area contributed by atoms with Crippen LogP contribution in [0.3, 0.4) is 0 Å². The highest BCUT2D eigenvalue weighted by atomic mass is 16.5. The lowest BCUT2D eigenvalue weighted by molar-refractivity contribution is -0.127. The van der Waals surface area contributed by atoms with E-state index in [9.17, 15) is 14.4 Å². The summed E-state index contributed by atoms with van der Waals surface area (Å²) in [5.74, 6) is -0.859. The monoisotopic (exact) mass is 306 g/mol. The minimum absolute atomic E-state index is 0.142. The molecule has 22 heavy (non-hydrogen) atoms. The van der Waals surface area contributed by atoms with Gasteiger partial charge in [0.25, 0.3) is 5.91 Å². The van der Waals surface area contributed by atoms with E-state index < -0.39 is 18.5 Å². The second-order valence-corrected chi connectivity index (χ2v) is 5.32. The fourth-order valence-electron chi connectivity index (χ4n) is 1.78. The molecule has 1 aromatic carbocycles. The van der Waals surface area contributed by atoms with Crippen LogP contribution in [-0.2, 0) is 20.7 Å². The van der Waals surface area contributed by atoms with Crippen LogP contribution in [0.2, 0.25) is 0 Å². The van der Waals surface area contributed by atoms with Crippen molar-refractivity contribution >= 4 is 17.8 Å². The van der Waals surface area contributed by atoms with Crippen LogP contribution in [0.4, 0.5) is 0 Å². The zero-order chi connectivity index (χ0) is 16.5. The Bertz CT molecular complexity index is 523. The molecule has 0 unspecified atom stereocenters. The number of hydrogen-bond acceptors (Lipinski definition) is 4. The number of hydrogen-bond donors (Lipinski definition) is 2. The van der Waals surface area contributed by atoms with Gasteiger partial charge in [0.05, 0.1) is 12.1 Å². The second kappa shape index (κ2) is 8.81. The average Bonchev–Trinajstić information content (AvgIpc) is 2.50. The molecule has 0 saturated heterocycles. The molecule has 0 spiro atoms. The topological polar surface area (TPSA) is 84.5 Å². The zero-order valence-corrected chi connectivity index (χ0v) is 13.1. The Kier molecular flexibility index (Phi) is 7.08. The van der Waals surface area contributed by atoms with Crippen molar-refractivity contribution in [2.45, 2.75) is 20.3 Å². The van der Waals surface area contributed by atoms with E-state index in [0.29, 0.717) is 11.5 Å². The molecule has 6 nitrogen and oxygen atoms in total. The molecule has 120 valence electrons. The summed E-state index contributed by atoms with van der Waals surface area (Å²) in [5, 5.41) is 4.71. The van der Waals surface area contributed by atoms with Gasteiger partial charge in [-0.1, -0.05) is 26.0 Å². The first-order valence-corrected chi connectivity index (χ1v) is 7.15. The Labute approximate surface area is 130 Å². The standard InChI is InChI=1S/C16H22N2O4/c1-11(2)8-12-4-6-13(7-5-12)16(21)22-10-15(20)18-9-14(19)17-3/h4-7,11H,8-10H2,1-3H3,(H,17,19)(H,18,20). The molecule has 6 heteroatoms. The van der Waals surface area contributed by atoms with Crippen LogP contribution in [0.1, 0.15) is 29.8 Å². The molecule has 0 aromatic heterocycles. The fraction of sp³-hybridized carbons (Fsp3) is 0.438. The summed E-state index contributed by atoms with van der Waals surface area (Å²) in [4.78, 5) is 34.2. The second-order valence-electron chi connectivity index (χ2n) is 5.32. The first kappa shape index (κ1) is 17.7. The van der Waals surface area contributed by atoms with E-state index in [2.05, 4.69) is 24.5 Å². The van der Waals surface area contributed by atoms with Gasteiger partial charge in [0.1, 0.15) is 0 Å². The fourth-order valence-corrected chi connectivity index (χ4v) is 1.78. The van der Waals surface area contributed by atoms with E-state index in [1.54, 1.807) is 12.1 Å². The van der Waals surface area contributed by atoms with E-state index in [1.807, 2.05) is 12.1 Å². The van der Waals surface area contributed by atoms with E-state index >= 15 is 0 Å². The van der Waals surface area contributed by atoms with Crippen LogP contribution >= 0.6 is 0 Å². The van der Waals surface area contributed by atoms with Crippen molar-refractivity contribution in [2.75, 3.05) is 20.2 Å². The Hall–Kier alpha value is -2.37. The summed E-state index contributed by atoms with van der Waals surface area (Å²) in [7, 11) is 1.47. The zero-order valence-electron chi connectivity index (χ0n) is 13.1. The lowest BCUT2D eigenvalue weighted by atomic mass is 10.0. The smallest absolute Gasteiger partial charge is 0.338 e. The largest absolute Gasteiger partial charge is 0.452 e. The number of benzene rings is 1. The summed E-state index contributed by atoms with van der Waals surface area (Å²) in [5.41, 5.74) is 1.54. The maximum absolute atomic E-state index is 11.8. The SMILES string of the molecule is CNC(=O)CNC(=O)COC(=O)c1ccc(CC(C)C)cc1. The number of carbonyl (C=O) groups excluding carboxylic acids is 3. The number of nitrogens with one attached hydrogen (secondary N) is 2. The van der Waals surface area contributed by atoms with Crippen molar-refractivity contribution in [1.82, 2.24) is 10.6 Å². The number of amides is 2. The van der Waals surface area contributed by atoms with Crippen molar-refractivity contribution in [3.05, 3.63) is 35.4 Å². The Morgan fingerprint density at radius 2 is 1.73 bits per heavy atom. The van der Waals surface area contributed by atoms with E-state index in [4.69, 9.17) is 4.74 Å². The summed E-state index contributed by atoms with van der Waals surface area (Å²) < 4.78 is 4.89. The van der Waals surface area contributed by atoms with Gasteiger partial charge in [-0.25, -0.2) is 4.79 Å². The number of rotatable bonds is 7. The highest BCUT2D eigenvalue weighted by molar-refractivity contribution is 5.92. The van der Waals surface area contributed by atoms with Crippen molar-refractivity contribution in [3.8, 4) is 0 Å². The summed E-state index contributed by atoms with van der Waals surface area (Å²) in [6.45, 7) is 3.69. The average molecular weight is 306 g/mol. The number of ether oxygens (including phenoxy) is 1. The third-order valence-corrected chi connectivity index (χ3v) is 2.89. The van der Waals surface area contributed by atoms with Gasteiger partial charge in [-0.3, -0.25) is 9.59 Å². The first-order valence-electron chi connectivity index (χ1n) is 7.15. The highest BCUT2D eigenvalue weighted by Gasteiger charge is 2.11. The van der Waals surface area contributed by atoms with Gasteiger partial charge in [-0.2, -0.15) is 0 Å². The third-order valence-electron chi connectivity index (χ3n) is 2.89. The molecule has 1 aromatic rings. The van der Waals surface area contributed by atoms with E-state index in [1.165, 1.54) is 7.05 Å². The molecule has 0 heterocycles. The molecule has 0 aliphatic carbocycles. The molecule has 2 amide bonds. The van der Waals surface area contributed by atoms with Crippen molar-refractivity contribution in [1.29, 1.82) is 0 Å². The van der Waals surface area contributed by atoms with Gasteiger partial charge in [0, 0.05) is 7.05 Å². The molecule has 2 N–H and O–H groups in total. The molecule has 0 fully saturated rings. The summed E-state index contributed by atoms with van der Waals surface area (Å²) >= 11 is 0. The minimum atomic E-state index is -0.564. The van der Waals surface area contributed by atoms with Crippen molar-refractivity contribution in [2.24, 2.45) is 5.92 Å². The number of likely N-dealkylation sites (N-methyl/N-ethyl adjacent to an activating group) is 1. The van der Waals surface area contributed by atoms with Crippen LogP contribution in [-0.4, -0.2) is 38.0 Å². The molecule has 0 radical (unpaired) electrons. The third kappa shape index (κ3) is 6.39. The Morgan fingerprint density at radius 3 is 2.27 bits per heavy atom. The highest BCUT2D eigenvalue weighted by Crippen LogP contribution is 2.10. The van der Waals surface area contributed by atoms with Gasteiger partial charge in [-0.15, -0.1) is 0 Å². The lowest BCUT2D eigenvalue weighted by Crippen LogP contribution is -2.37. The quantitative estimate of drug-likeness (QED) is 0.733. The normalized spacial score (nSPS) is 10.2. The van der Waals surface area contributed by atoms with Crippen LogP contribution in [0.25, 0.3) is 0 Å². The van der Waals surface area contributed by atoms with Crippen LogP contribution in [0, 0.1) is 5.92 Å². The minimum Gasteiger partial charge on any atom is -0.452 e. The maximum Gasteiger partial charge on any atom is 0.338 e. The van der Waals surface area contributed by atoms with E-state index in [0.717, 1.165) is 12.0 Å². The molecule has 1 rings (SSSR count). The van der Waals surface area contributed by atoms with Crippen molar-refractivity contribution < 1.29 is 19.1 Å². The van der Waals surface area contributed by atoms with Gasteiger partial charge in [-0.05, 0) is 30.0 Å². The predicted octanol–water partition coefficient (Wildman–Crippen LogP) is 0.904. The molecular weight excluding hydrogens is 284 g/mol. The van der Waals surface area contributed by atoms with Gasteiger partial charge >= 0.3 is 5.97 Å². The first-order chi connectivity index (χ1) is 10.4.